The average Bonchev–Trinajstić information content (AvgIpc) is 2.75. The Morgan fingerprint density at radius 2 is 2.00 bits per heavy atom. The molecule has 2 aromatic heterocycles. The number of para-hydroxylation sites is 2. The summed E-state index contributed by atoms with van der Waals surface area (Å²) < 4.78 is 2.20. The number of aryl methyl sites for hydroxylation is 1. The maximum absolute atomic E-state index is 5.81. The van der Waals surface area contributed by atoms with Gasteiger partial charge in [-0.2, -0.15) is 0 Å². The summed E-state index contributed by atoms with van der Waals surface area (Å²) in [4.78, 5) is 12.8. The van der Waals surface area contributed by atoms with Gasteiger partial charge in [0.1, 0.15) is 5.82 Å². The highest BCUT2D eigenvalue weighted by Crippen LogP contribution is 2.18. The molecule has 3 rings (SSSR count). The Morgan fingerprint density at radius 1 is 1.16 bits per heavy atom. The Morgan fingerprint density at radius 3 is 2.79 bits per heavy atom. The molecule has 0 aliphatic rings. The predicted octanol–water partition coefficient (Wildman–Crippen LogP) is 3.09. The molecule has 0 N–H and O–H groups in total. The van der Waals surface area contributed by atoms with Crippen molar-refractivity contribution in [2.45, 2.75) is 19.9 Å². The number of imidazole rings is 1. The van der Waals surface area contributed by atoms with E-state index in [2.05, 4.69) is 32.5 Å². The van der Waals surface area contributed by atoms with Crippen LogP contribution in [0, 0.1) is 0 Å². The summed E-state index contributed by atoms with van der Waals surface area (Å²) >= 11 is 5.81. The summed E-state index contributed by atoms with van der Waals surface area (Å²) in [5, 5.41) is 0.275. The van der Waals surface area contributed by atoms with Gasteiger partial charge in [0, 0.05) is 19.2 Å². The lowest BCUT2D eigenvalue weighted by atomic mass is 10.3. The minimum absolute atomic E-state index is 0.275. The highest BCUT2D eigenvalue weighted by Gasteiger charge is 2.10. The Bertz CT molecular complexity index is 720. The van der Waals surface area contributed by atoms with Crippen LogP contribution in [0.15, 0.2) is 36.5 Å². The Balaban J connectivity index is 2.05. The SMILES string of the molecule is CCn1c(Cc2ccnc(Cl)n2)nc2ccccc21. The fourth-order valence-corrected chi connectivity index (χ4v) is 2.41. The molecule has 0 amide bonds. The maximum Gasteiger partial charge on any atom is 0.222 e. The molecule has 0 fully saturated rings. The zero-order chi connectivity index (χ0) is 13.2. The Hall–Kier alpha value is -1.94. The van der Waals surface area contributed by atoms with Crippen molar-refractivity contribution in [1.29, 1.82) is 0 Å². The third-order valence-electron chi connectivity index (χ3n) is 3.07. The highest BCUT2D eigenvalue weighted by atomic mass is 35.5. The molecule has 2 heterocycles. The zero-order valence-electron chi connectivity index (χ0n) is 10.5. The molecule has 19 heavy (non-hydrogen) atoms. The van der Waals surface area contributed by atoms with Crippen LogP contribution in [0.2, 0.25) is 5.28 Å². The third-order valence-corrected chi connectivity index (χ3v) is 3.26. The molecule has 0 saturated carbocycles. The van der Waals surface area contributed by atoms with E-state index in [1.54, 1.807) is 6.20 Å². The number of rotatable bonds is 3. The lowest BCUT2D eigenvalue weighted by molar-refractivity contribution is 0.728. The summed E-state index contributed by atoms with van der Waals surface area (Å²) in [6.45, 7) is 3.00. The molecule has 96 valence electrons. The molecular formula is C14H13ClN4. The van der Waals surface area contributed by atoms with E-state index >= 15 is 0 Å². The largest absolute Gasteiger partial charge is 0.328 e. The van der Waals surface area contributed by atoms with Crippen LogP contribution in [-0.2, 0) is 13.0 Å². The lowest BCUT2D eigenvalue weighted by Crippen LogP contribution is -2.04. The summed E-state index contributed by atoms with van der Waals surface area (Å²) in [5.74, 6) is 0.999. The number of aromatic nitrogens is 4. The summed E-state index contributed by atoms with van der Waals surface area (Å²) in [5.41, 5.74) is 3.05. The first kappa shape index (κ1) is 12.1. The van der Waals surface area contributed by atoms with Crippen molar-refractivity contribution >= 4 is 22.6 Å². The molecule has 3 aromatic rings. The maximum atomic E-state index is 5.81. The molecule has 0 radical (unpaired) electrons. The quantitative estimate of drug-likeness (QED) is 0.688. The first-order valence-corrected chi connectivity index (χ1v) is 6.57. The van der Waals surface area contributed by atoms with Gasteiger partial charge in [-0.25, -0.2) is 15.0 Å². The number of halogens is 1. The molecule has 0 spiro atoms. The van der Waals surface area contributed by atoms with Crippen LogP contribution in [-0.4, -0.2) is 19.5 Å². The lowest BCUT2D eigenvalue weighted by Gasteiger charge is -2.05. The van der Waals surface area contributed by atoms with E-state index in [0.717, 1.165) is 29.1 Å². The normalized spacial score (nSPS) is 11.1. The number of fused-ring (bicyclic) bond motifs is 1. The van der Waals surface area contributed by atoms with Crippen molar-refractivity contribution in [3.05, 3.63) is 53.3 Å². The van der Waals surface area contributed by atoms with Gasteiger partial charge < -0.3 is 4.57 Å². The van der Waals surface area contributed by atoms with Gasteiger partial charge >= 0.3 is 0 Å². The van der Waals surface area contributed by atoms with Crippen LogP contribution in [0.1, 0.15) is 18.4 Å². The van der Waals surface area contributed by atoms with E-state index in [9.17, 15) is 0 Å². The third kappa shape index (κ3) is 2.31. The standard InChI is InChI=1S/C14H13ClN4/c1-2-19-12-6-4-3-5-11(12)18-13(19)9-10-7-8-16-14(15)17-10/h3-8H,2,9H2,1H3. The van der Waals surface area contributed by atoms with Gasteiger partial charge in [0.25, 0.3) is 0 Å². The molecule has 0 aliphatic heterocycles. The molecule has 0 aliphatic carbocycles. The fraction of sp³-hybridized carbons (Fsp3) is 0.214. The van der Waals surface area contributed by atoms with Crippen LogP contribution in [0.4, 0.5) is 0 Å². The second-order valence-corrected chi connectivity index (χ2v) is 4.59. The van der Waals surface area contributed by atoms with Crippen LogP contribution >= 0.6 is 11.6 Å². The summed E-state index contributed by atoms with van der Waals surface area (Å²) in [7, 11) is 0. The van der Waals surface area contributed by atoms with Gasteiger partial charge in [0.15, 0.2) is 0 Å². The molecular weight excluding hydrogens is 260 g/mol. The predicted molar refractivity (Wildman–Crippen MR) is 75.3 cm³/mol. The minimum atomic E-state index is 0.275. The van der Waals surface area contributed by atoms with Gasteiger partial charge in [-0.1, -0.05) is 12.1 Å². The monoisotopic (exact) mass is 272 g/mol. The fourth-order valence-electron chi connectivity index (χ4n) is 2.24. The van der Waals surface area contributed by atoms with Crippen molar-refractivity contribution in [3.63, 3.8) is 0 Å². The number of hydrogen-bond acceptors (Lipinski definition) is 3. The van der Waals surface area contributed by atoms with Gasteiger partial charge in [-0.05, 0) is 36.7 Å². The van der Waals surface area contributed by atoms with E-state index in [-0.39, 0.29) is 5.28 Å². The van der Waals surface area contributed by atoms with Gasteiger partial charge in [0.2, 0.25) is 5.28 Å². The van der Waals surface area contributed by atoms with Crippen molar-refractivity contribution in [3.8, 4) is 0 Å². The molecule has 0 saturated heterocycles. The van der Waals surface area contributed by atoms with Crippen LogP contribution < -0.4 is 0 Å². The van der Waals surface area contributed by atoms with Crippen molar-refractivity contribution in [2.75, 3.05) is 0 Å². The van der Waals surface area contributed by atoms with Gasteiger partial charge in [-0.3, -0.25) is 0 Å². The zero-order valence-corrected chi connectivity index (χ0v) is 11.3. The van der Waals surface area contributed by atoms with E-state index in [0.29, 0.717) is 6.42 Å². The number of hydrogen-bond donors (Lipinski definition) is 0. The second kappa shape index (κ2) is 4.97. The van der Waals surface area contributed by atoms with Crippen LogP contribution in [0.25, 0.3) is 11.0 Å². The molecule has 0 bridgehead atoms. The summed E-state index contributed by atoms with van der Waals surface area (Å²) in [6, 6.07) is 10.0. The van der Waals surface area contributed by atoms with E-state index < -0.39 is 0 Å². The highest BCUT2D eigenvalue weighted by molar-refractivity contribution is 6.28. The second-order valence-electron chi connectivity index (χ2n) is 4.25. The smallest absolute Gasteiger partial charge is 0.222 e. The van der Waals surface area contributed by atoms with E-state index in [1.165, 1.54) is 0 Å². The number of nitrogens with zero attached hydrogens (tertiary/aromatic N) is 4. The molecule has 0 unspecified atom stereocenters. The van der Waals surface area contributed by atoms with Crippen molar-refractivity contribution in [2.24, 2.45) is 0 Å². The Kier molecular flexibility index (Phi) is 3.17. The minimum Gasteiger partial charge on any atom is -0.328 e. The number of benzene rings is 1. The van der Waals surface area contributed by atoms with Crippen molar-refractivity contribution in [1.82, 2.24) is 19.5 Å². The topological polar surface area (TPSA) is 43.6 Å². The molecule has 5 heteroatoms. The van der Waals surface area contributed by atoms with Gasteiger partial charge in [-0.15, -0.1) is 0 Å². The van der Waals surface area contributed by atoms with Crippen molar-refractivity contribution < 1.29 is 0 Å². The van der Waals surface area contributed by atoms with Gasteiger partial charge in [0.05, 0.1) is 16.7 Å². The average molecular weight is 273 g/mol. The van der Waals surface area contributed by atoms with E-state index in [1.807, 2.05) is 24.3 Å². The first-order valence-electron chi connectivity index (χ1n) is 6.19. The van der Waals surface area contributed by atoms with Crippen LogP contribution in [0.3, 0.4) is 0 Å². The molecule has 1 aromatic carbocycles. The Labute approximate surface area is 116 Å². The first-order chi connectivity index (χ1) is 9.28. The van der Waals surface area contributed by atoms with E-state index in [4.69, 9.17) is 11.6 Å². The summed E-state index contributed by atoms with van der Waals surface area (Å²) in [6.07, 6.45) is 2.33. The van der Waals surface area contributed by atoms with Crippen LogP contribution in [0.5, 0.6) is 0 Å². The molecule has 4 nitrogen and oxygen atoms in total. The molecule has 0 atom stereocenters.